The molecule has 2 heteroatoms. The molecule has 2 rings (SSSR count). The first-order valence-corrected chi connectivity index (χ1v) is 7.43. The number of rotatable bonds is 4. The van der Waals surface area contributed by atoms with Crippen molar-refractivity contribution in [3.63, 3.8) is 0 Å². The average molecular weight is 261 g/mol. The maximum atomic E-state index is 5.45. The summed E-state index contributed by atoms with van der Waals surface area (Å²) in [6, 6.07) is 11.9. The van der Waals surface area contributed by atoms with Crippen molar-refractivity contribution in [3.05, 3.63) is 35.9 Å². The van der Waals surface area contributed by atoms with Gasteiger partial charge in [-0.15, -0.1) is 0 Å². The summed E-state index contributed by atoms with van der Waals surface area (Å²) in [6.07, 6.45) is 3.43. The predicted octanol–water partition coefficient (Wildman–Crippen LogP) is 3.93. The molecule has 0 amide bonds. The second kappa shape index (κ2) is 6.53. The van der Waals surface area contributed by atoms with Crippen molar-refractivity contribution in [2.45, 2.75) is 52.1 Å². The Balaban J connectivity index is 2.05. The number of ether oxygens (including phenoxy) is 1. The number of hydrogen-bond donors (Lipinski definition) is 1. The summed E-state index contributed by atoms with van der Waals surface area (Å²) in [5, 5.41) is 3.85. The summed E-state index contributed by atoms with van der Waals surface area (Å²) in [5.74, 6) is 0. The molecular weight excluding hydrogens is 234 g/mol. The molecule has 0 aliphatic carbocycles. The van der Waals surface area contributed by atoms with Crippen molar-refractivity contribution >= 4 is 0 Å². The van der Waals surface area contributed by atoms with E-state index in [1.54, 1.807) is 0 Å². The molecule has 1 aliphatic heterocycles. The van der Waals surface area contributed by atoms with Crippen molar-refractivity contribution in [3.8, 4) is 0 Å². The Morgan fingerprint density at radius 3 is 2.37 bits per heavy atom. The van der Waals surface area contributed by atoms with Crippen molar-refractivity contribution in [2.75, 3.05) is 13.2 Å². The molecular formula is C17H27NO. The molecule has 0 aromatic heterocycles. The molecule has 1 unspecified atom stereocenters. The highest BCUT2D eigenvalue weighted by molar-refractivity contribution is 5.19. The normalized spacial score (nSPS) is 19.3. The first-order chi connectivity index (χ1) is 9.04. The van der Waals surface area contributed by atoms with Crippen LogP contribution < -0.4 is 5.32 Å². The minimum absolute atomic E-state index is 0.332. The maximum Gasteiger partial charge on any atom is 0.0480 e. The lowest BCUT2D eigenvalue weighted by Crippen LogP contribution is -2.38. The SMILES string of the molecule is CC(C)(C)CC(NC1CCOCC1)c1ccccc1. The topological polar surface area (TPSA) is 21.3 Å². The molecule has 0 bridgehead atoms. The first-order valence-electron chi connectivity index (χ1n) is 7.43. The second-order valence-corrected chi connectivity index (χ2v) is 6.78. The minimum atomic E-state index is 0.332. The van der Waals surface area contributed by atoms with E-state index < -0.39 is 0 Å². The highest BCUT2D eigenvalue weighted by Gasteiger charge is 2.23. The molecule has 1 aromatic carbocycles. The Morgan fingerprint density at radius 1 is 1.16 bits per heavy atom. The lowest BCUT2D eigenvalue weighted by Gasteiger charge is -2.32. The van der Waals surface area contributed by atoms with E-state index >= 15 is 0 Å². The van der Waals surface area contributed by atoms with Crippen LogP contribution in [0.4, 0.5) is 0 Å². The van der Waals surface area contributed by atoms with Crippen molar-refractivity contribution in [1.82, 2.24) is 5.32 Å². The molecule has 0 radical (unpaired) electrons. The largest absolute Gasteiger partial charge is 0.381 e. The molecule has 2 nitrogen and oxygen atoms in total. The summed E-state index contributed by atoms with van der Waals surface area (Å²) < 4.78 is 5.45. The third kappa shape index (κ3) is 4.96. The molecule has 1 atom stereocenters. The van der Waals surface area contributed by atoms with Crippen molar-refractivity contribution in [2.24, 2.45) is 5.41 Å². The van der Waals surface area contributed by atoms with Gasteiger partial charge in [-0.25, -0.2) is 0 Å². The smallest absolute Gasteiger partial charge is 0.0480 e. The summed E-state index contributed by atoms with van der Waals surface area (Å²) in [7, 11) is 0. The van der Waals surface area contributed by atoms with Gasteiger partial charge in [0.05, 0.1) is 0 Å². The fraction of sp³-hybridized carbons (Fsp3) is 0.647. The fourth-order valence-electron chi connectivity index (χ4n) is 2.72. The molecule has 106 valence electrons. The van der Waals surface area contributed by atoms with Gasteiger partial charge < -0.3 is 10.1 Å². The minimum Gasteiger partial charge on any atom is -0.381 e. The third-order valence-electron chi connectivity index (χ3n) is 3.68. The van der Waals surface area contributed by atoms with Gasteiger partial charge in [0, 0.05) is 25.3 Å². The lowest BCUT2D eigenvalue weighted by atomic mass is 9.85. The average Bonchev–Trinajstić information content (AvgIpc) is 2.39. The molecule has 1 aromatic rings. The first kappa shape index (κ1) is 14.5. The fourth-order valence-corrected chi connectivity index (χ4v) is 2.72. The number of nitrogens with one attached hydrogen (secondary N) is 1. The zero-order chi connectivity index (χ0) is 13.7. The zero-order valence-electron chi connectivity index (χ0n) is 12.5. The molecule has 1 N–H and O–H groups in total. The second-order valence-electron chi connectivity index (χ2n) is 6.78. The van der Waals surface area contributed by atoms with E-state index in [1.165, 1.54) is 5.56 Å². The summed E-state index contributed by atoms with van der Waals surface area (Å²) in [5.41, 5.74) is 1.74. The molecule has 0 saturated carbocycles. The van der Waals surface area contributed by atoms with E-state index in [4.69, 9.17) is 4.74 Å². The van der Waals surface area contributed by atoms with Crippen molar-refractivity contribution < 1.29 is 4.74 Å². The highest BCUT2D eigenvalue weighted by atomic mass is 16.5. The predicted molar refractivity (Wildman–Crippen MR) is 80.2 cm³/mol. The van der Waals surface area contributed by atoms with Crippen LogP contribution >= 0.6 is 0 Å². The Kier molecular flexibility index (Phi) is 5.00. The van der Waals surface area contributed by atoms with Crippen LogP contribution in [-0.4, -0.2) is 19.3 Å². The van der Waals surface area contributed by atoms with Crippen LogP contribution in [-0.2, 0) is 4.74 Å². The lowest BCUT2D eigenvalue weighted by molar-refractivity contribution is 0.0729. The van der Waals surface area contributed by atoms with E-state index in [-0.39, 0.29) is 0 Å². The van der Waals surface area contributed by atoms with Gasteiger partial charge >= 0.3 is 0 Å². The van der Waals surface area contributed by atoms with Gasteiger partial charge in [-0.05, 0) is 30.2 Å². The quantitative estimate of drug-likeness (QED) is 0.886. The van der Waals surface area contributed by atoms with Gasteiger partial charge in [-0.3, -0.25) is 0 Å². The van der Waals surface area contributed by atoms with Gasteiger partial charge in [0.1, 0.15) is 0 Å². The monoisotopic (exact) mass is 261 g/mol. The Hall–Kier alpha value is -0.860. The van der Waals surface area contributed by atoms with Crippen LogP contribution in [0.1, 0.15) is 51.6 Å². The van der Waals surface area contributed by atoms with Crippen LogP contribution in [0, 0.1) is 5.41 Å². The van der Waals surface area contributed by atoms with Crippen LogP contribution in [0.3, 0.4) is 0 Å². The Bertz CT molecular complexity index is 363. The van der Waals surface area contributed by atoms with Crippen LogP contribution in [0.25, 0.3) is 0 Å². The highest BCUT2D eigenvalue weighted by Crippen LogP contribution is 2.30. The van der Waals surface area contributed by atoms with E-state index in [0.29, 0.717) is 17.5 Å². The van der Waals surface area contributed by atoms with E-state index in [1.807, 2.05) is 0 Å². The Labute approximate surface area is 117 Å². The van der Waals surface area contributed by atoms with Crippen LogP contribution in [0.2, 0.25) is 0 Å². The molecule has 1 fully saturated rings. The van der Waals surface area contributed by atoms with Crippen LogP contribution in [0.5, 0.6) is 0 Å². The number of benzene rings is 1. The number of hydrogen-bond acceptors (Lipinski definition) is 2. The maximum absolute atomic E-state index is 5.45. The standard InChI is InChI=1S/C17H27NO/c1-17(2,3)13-16(14-7-5-4-6-8-14)18-15-9-11-19-12-10-15/h4-8,15-16,18H,9-13H2,1-3H3. The van der Waals surface area contributed by atoms with Gasteiger partial charge in [-0.1, -0.05) is 51.1 Å². The van der Waals surface area contributed by atoms with Gasteiger partial charge in [0.2, 0.25) is 0 Å². The van der Waals surface area contributed by atoms with Crippen LogP contribution in [0.15, 0.2) is 30.3 Å². The molecule has 1 aliphatic rings. The summed E-state index contributed by atoms with van der Waals surface area (Å²) >= 11 is 0. The zero-order valence-corrected chi connectivity index (χ0v) is 12.5. The van der Waals surface area contributed by atoms with Gasteiger partial charge in [0.15, 0.2) is 0 Å². The Morgan fingerprint density at radius 2 is 1.79 bits per heavy atom. The third-order valence-corrected chi connectivity index (χ3v) is 3.68. The van der Waals surface area contributed by atoms with E-state index in [0.717, 1.165) is 32.5 Å². The summed E-state index contributed by atoms with van der Waals surface area (Å²) in [4.78, 5) is 0. The molecule has 1 heterocycles. The van der Waals surface area contributed by atoms with E-state index in [9.17, 15) is 0 Å². The molecule has 19 heavy (non-hydrogen) atoms. The van der Waals surface area contributed by atoms with E-state index in [2.05, 4.69) is 56.4 Å². The summed E-state index contributed by atoms with van der Waals surface area (Å²) in [6.45, 7) is 8.74. The molecule has 1 saturated heterocycles. The van der Waals surface area contributed by atoms with Gasteiger partial charge in [-0.2, -0.15) is 0 Å². The molecule has 0 spiro atoms. The van der Waals surface area contributed by atoms with Crippen molar-refractivity contribution in [1.29, 1.82) is 0 Å². The van der Waals surface area contributed by atoms with Gasteiger partial charge in [0.25, 0.3) is 0 Å².